The standard InChI is InChI=1S/C14H19ClN2O5S/c1-9(2)13(14(19)20)16-12(18)8-17(3)23(21,22)11-6-4-10(15)5-7-11/h4-7,9,13H,8H2,1-3H3,(H,16,18)(H,19,20)/t13-/m0/s1. The molecular weight excluding hydrogens is 344 g/mol. The minimum Gasteiger partial charge on any atom is -0.480 e. The smallest absolute Gasteiger partial charge is 0.326 e. The van der Waals surface area contributed by atoms with Crippen molar-refractivity contribution in [3.63, 3.8) is 0 Å². The van der Waals surface area contributed by atoms with Gasteiger partial charge in [-0.2, -0.15) is 4.31 Å². The van der Waals surface area contributed by atoms with E-state index in [1.54, 1.807) is 13.8 Å². The molecule has 9 heteroatoms. The molecule has 0 aromatic heterocycles. The maximum Gasteiger partial charge on any atom is 0.326 e. The van der Waals surface area contributed by atoms with Crippen LogP contribution in [0.1, 0.15) is 13.8 Å². The number of aliphatic carboxylic acids is 1. The number of hydrogen-bond donors (Lipinski definition) is 2. The second-order valence-electron chi connectivity index (χ2n) is 5.34. The van der Waals surface area contributed by atoms with Crippen LogP contribution < -0.4 is 5.32 Å². The van der Waals surface area contributed by atoms with Gasteiger partial charge in [0.15, 0.2) is 0 Å². The molecule has 1 aromatic rings. The molecule has 1 rings (SSSR count). The van der Waals surface area contributed by atoms with Crippen molar-refractivity contribution in [3.05, 3.63) is 29.3 Å². The molecule has 1 aromatic carbocycles. The molecule has 0 spiro atoms. The Morgan fingerprint density at radius 1 is 1.26 bits per heavy atom. The summed E-state index contributed by atoms with van der Waals surface area (Å²) in [4.78, 5) is 23.0. The number of benzene rings is 1. The number of carbonyl (C=O) groups is 2. The molecule has 0 heterocycles. The van der Waals surface area contributed by atoms with E-state index < -0.39 is 34.5 Å². The summed E-state index contributed by atoms with van der Waals surface area (Å²) in [5.74, 6) is -2.18. The summed E-state index contributed by atoms with van der Waals surface area (Å²) in [5.41, 5.74) is 0. The van der Waals surface area contributed by atoms with Crippen molar-refractivity contribution in [2.75, 3.05) is 13.6 Å². The monoisotopic (exact) mass is 362 g/mol. The van der Waals surface area contributed by atoms with E-state index in [-0.39, 0.29) is 10.8 Å². The molecule has 7 nitrogen and oxygen atoms in total. The zero-order valence-electron chi connectivity index (χ0n) is 13.0. The summed E-state index contributed by atoms with van der Waals surface area (Å²) in [6.45, 7) is 2.81. The Labute approximate surface area is 140 Å². The number of carboxylic acids is 1. The average molecular weight is 363 g/mol. The first-order valence-electron chi connectivity index (χ1n) is 6.79. The van der Waals surface area contributed by atoms with Gasteiger partial charge in [-0.1, -0.05) is 25.4 Å². The Hall–Kier alpha value is -1.64. The van der Waals surface area contributed by atoms with E-state index in [0.717, 1.165) is 4.31 Å². The van der Waals surface area contributed by atoms with E-state index in [9.17, 15) is 18.0 Å². The fraction of sp³-hybridized carbons (Fsp3) is 0.429. The van der Waals surface area contributed by atoms with Gasteiger partial charge in [-0.15, -0.1) is 0 Å². The molecule has 0 unspecified atom stereocenters. The lowest BCUT2D eigenvalue weighted by atomic mass is 10.1. The van der Waals surface area contributed by atoms with Crippen molar-refractivity contribution in [1.29, 1.82) is 0 Å². The zero-order valence-corrected chi connectivity index (χ0v) is 14.6. The molecule has 0 fully saturated rings. The van der Waals surface area contributed by atoms with E-state index in [2.05, 4.69) is 5.32 Å². The second kappa shape index (κ2) is 7.76. The van der Waals surface area contributed by atoms with E-state index in [4.69, 9.17) is 16.7 Å². The third kappa shape index (κ3) is 5.19. The lowest BCUT2D eigenvalue weighted by Crippen LogP contribution is -2.48. The Bertz CT molecular complexity index is 673. The number of nitrogens with one attached hydrogen (secondary N) is 1. The van der Waals surface area contributed by atoms with Gasteiger partial charge in [0.1, 0.15) is 6.04 Å². The first-order valence-corrected chi connectivity index (χ1v) is 8.61. The number of amides is 1. The molecule has 0 saturated heterocycles. The largest absolute Gasteiger partial charge is 0.480 e. The van der Waals surface area contributed by atoms with Crippen molar-refractivity contribution in [2.24, 2.45) is 5.92 Å². The fourth-order valence-electron chi connectivity index (χ4n) is 1.81. The molecular formula is C14H19ClN2O5S. The molecule has 2 N–H and O–H groups in total. The van der Waals surface area contributed by atoms with Crippen LogP contribution >= 0.6 is 11.6 Å². The highest BCUT2D eigenvalue weighted by atomic mass is 35.5. The van der Waals surface area contributed by atoms with E-state index in [1.165, 1.54) is 31.3 Å². The quantitative estimate of drug-likeness (QED) is 0.758. The Balaban J connectivity index is 2.81. The number of carboxylic acid groups (broad SMARTS) is 1. The Morgan fingerprint density at radius 3 is 2.22 bits per heavy atom. The molecule has 1 amide bonds. The molecule has 23 heavy (non-hydrogen) atoms. The van der Waals surface area contributed by atoms with Crippen LogP contribution in [0.5, 0.6) is 0 Å². The first kappa shape index (κ1) is 19.4. The van der Waals surface area contributed by atoms with Crippen LogP contribution in [0.4, 0.5) is 0 Å². The lowest BCUT2D eigenvalue weighted by Gasteiger charge is -2.21. The van der Waals surface area contributed by atoms with Crippen LogP contribution in [0.2, 0.25) is 5.02 Å². The van der Waals surface area contributed by atoms with E-state index >= 15 is 0 Å². The third-order valence-electron chi connectivity index (χ3n) is 3.14. The molecule has 128 valence electrons. The normalized spacial score (nSPS) is 13.1. The highest BCUT2D eigenvalue weighted by Gasteiger charge is 2.27. The maximum atomic E-state index is 12.3. The highest BCUT2D eigenvalue weighted by Crippen LogP contribution is 2.17. The van der Waals surface area contributed by atoms with Crippen LogP contribution in [0.15, 0.2) is 29.2 Å². The molecule has 0 saturated carbocycles. The molecule has 0 aliphatic heterocycles. The maximum absolute atomic E-state index is 12.3. The minimum atomic E-state index is -3.86. The van der Waals surface area contributed by atoms with Crippen LogP contribution in [0, 0.1) is 5.92 Å². The Kier molecular flexibility index (Phi) is 6.55. The summed E-state index contributed by atoms with van der Waals surface area (Å²) in [5, 5.41) is 11.7. The topological polar surface area (TPSA) is 104 Å². The molecule has 0 aliphatic rings. The molecule has 0 aliphatic carbocycles. The summed E-state index contributed by atoms with van der Waals surface area (Å²) < 4.78 is 25.5. The van der Waals surface area contributed by atoms with Crippen LogP contribution in [0.3, 0.4) is 0 Å². The molecule has 1 atom stereocenters. The van der Waals surface area contributed by atoms with Gasteiger partial charge < -0.3 is 10.4 Å². The van der Waals surface area contributed by atoms with Gasteiger partial charge in [0.05, 0.1) is 11.4 Å². The number of hydrogen-bond acceptors (Lipinski definition) is 4. The third-order valence-corrected chi connectivity index (χ3v) is 5.21. The van der Waals surface area contributed by atoms with Gasteiger partial charge in [0.25, 0.3) is 0 Å². The van der Waals surface area contributed by atoms with Crippen molar-refractivity contribution in [3.8, 4) is 0 Å². The van der Waals surface area contributed by atoms with Gasteiger partial charge in [0.2, 0.25) is 15.9 Å². The van der Waals surface area contributed by atoms with Crippen LogP contribution in [0.25, 0.3) is 0 Å². The van der Waals surface area contributed by atoms with Gasteiger partial charge in [0, 0.05) is 12.1 Å². The summed E-state index contributed by atoms with van der Waals surface area (Å²) >= 11 is 5.71. The van der Waals surface area contributed by atoms with Crippen molar-refractivity contribution < 1.29 is 23.1 Å². The second-order valence-corrected chi connectivity index (χ2v) is 7.82. The lowest BCUT2D eigenvalue weighted by molar-refractivity contribution is -0.143. The highest BCUT2D eigenvalue weighted by molar-refractivity contribution is 7.89. The number of carbonyl (C=O) groups excluding carboxylic acids is 1. The van der Waals surface area contributed by atoms with Crippen LogP contribution in [-0.4, -0.2) is 49.3 Å². The van der Waals surface area contributed by atoms with Gasteiger partial charge in [-0.25, -0.2) is 13.2 Å². The summed E-state index contributed by atoms with van der Waals surface area (Å²) in [7, 11) is -2.62. The Morgan fingerprint density at radius 2 is 1.78 bits per heavy atom. The predicted octanol–water partition coefficient (Wildman–Crippen LogP) is 1.19. The number of nitrogens with zero attached hydrogens (tertiary/aromatic N) is 1. The molecule has 0 bridgehead atoms. The summed E-state index contributed by atoms with van der Waals surface area (Å²) in [6, 6.07) is 4.46. The van der Waals surface area contributed by atoms with E-state index in [0.29, 0.717) is 5.02 Å². The average Bonchev–Trinajstić information content (AvgIpc) is 2.44. The van der Waals surface area contributed by atoms with Crippen molar-refractivity contribution >= 4 is 33.5 Å². The van der Waals surface area contributed by atoms with Gasteiger partial charge in [-0.3, -0.25) is 4.79 Å². The first-order chi connectivity index (χ1) is 10.6. The predicted molar refractivity (Wildman–Crippen MR) is 85.7 cm³/mol. The van der Waals surface area contributed by atoms with Crippen LogP contribution in [-0.2, 0) is 19.6 Å². The minimum absolute atomic E-state index is 0.00385. The number of halogens is 1. The van der Waals surface area contributed by atoms with Gasteiger partial charge in [-0.05, 0) is 30.2 Å². The van der Waals surface area contributed by atoms with Gasteiger partial charge >= 0.3 is 5.97 Å². The zero-order chi connectivity index (χ0) is 17.8. The van der Waals surface area contributed by atoms with Crippen molar-refractivity contribution in [2.45, 2.75) is 24.8 Å². The molecule has 0 radical (unpaired) electrons. The SMILES string of the molecule is CC(C)[C@H](NC(=O)CN(C)S(=O)(=O)c1ccc(Cl)cc1)C(=O)O. The number of rotatable bonds is 7. The summed E-state index contributed by atoms with van der Waals surface area (Å²) in [6.07, 6.45) is 0. The van der Waals surface area contributed by atoms with Crippen molar-refractivity contribution in [1.82, 2.24) is 9.62 Å². The fourth-order valence-corrected chi connectivity index (χ4v) is 3.06. The number of likely N-dealkylation sites (N-methyl/N-ethyl adjacent to an activating group) is 1. The number of sulfonamides is 1. The van der Waals surface area contributed by atoms with E-state index in [1.807, 2.05) is 0 Å².